The zero-order valence-electron chi connectivity index (χ0n) is 11.9. The molecule has 1 aromatic carbocycles. The van der Waals surface area contributed by atoms with Gasteiger partial charge in [-0.05, 0) is 26.1 Å². The molecule has 2 rings (SSSR count). The summed E-state index contributed by atoms with van der Waals surface area (Å²) in [6.07, 6.45) is 1.77. The van der Waals surface area contributed by atoms with Crippen molar-refractivity contribution < 1.29 is 4.74 Å². The van der Waals surface area contributed by atoms with Gasteiger partial charge in [-0.3, -0.25) is 4.79 Å². The van der Waals surface area contributed by atoms with Crippen LogP contribution in [0.25, 0.3) is 0 Å². The normalized spacial score (nSPS) is 12.1. The second-order valence-corrected chi connectivity index (χ2v) is 4.63. The highest BCUT2D eigenvalue weighted by molar-refractivity contribution is 5.35. The maximum Gasteiger partial charge on any atom is 0.250 e. The van der Waals surface area contributed by atoms with Crippen LogP contribution in [-0.2, 0) is 6.54 Å². The fourth-order valence-electron chi connectivity index (χ4n) is 2.02. The molecule has 0 aliphatic carbocycles. The highest BCUT2D eigenvalue weighted by Gasteiger charge is 2.08. The lowest BCUT2D eigenvalue weighted by molar-refractivity contribution is 0.291. The number of hydrogen-bond donors (Lipinski definition) is 1. The van der Waals surface area contributed by atoms with E-state index in [9.17, 15) is 4.79 Å². The third-order valence-electron chi connectivity index (χ3n) is 3.31. The Kier molecular flexibility index (Phi) is 4.96. The van der Waals surface area contributed by atoms with Crippen molar-refractivity contribution in [2.45, 2.75) is 19.5 Å². The average Bonchev–Trinajstić information content (AvgIpc) is 2.49. The minimum atomic E-state index is -0.00650. The molecule has 4 nitrogen and oxygen atoms in total. The molecule has 4 heteroatoms. The molecule has 1 aromatic heterocycles. The van der Waals surface area contributed by atoms with Crippen molar-refractivity contribution in [1.29, 1.82) is 0 Å². The third-order valence-corrected chi connectivity index (χ3v) is 3.31. The van der Waals surface area contributed by atoms with Gasteiger partial charge in [-0.1, -0.05) is 24.3 Å². The molecule has 20 heavy (non-hydrogen) atoms. The van der Waals surface area contributed by atoms with E-state index in [0.717, 1.165) is 11.3 Å². The van der Waals surface area contributed by atoms with Gasteiger partial charge in [0.05, 0.1) is 6.54 Å². The van der Waals surface area contributed by atoms with Crippen LogP contribution in [0.3, 0.4) is 0 Å². The van der Waals surface area contributed by atoms with E-state index in [2.05, 4.69) is 12.2 Å². The smallest absolute Gasteiger partial charge is 0.250 e. The van der Waals surface area contributed by atoms with E-state index in [0.29, 0.717) is 13.2 Å². The number of para-hydroxylation sites is 1. The molecule has 0 fully saturated rings. The molecular weight excluding hydrogens is 252 g/mol. The Morgan fingerprint density at radius 2 is 1.95 bits per heavy atom. The van der Waals surface area contributed by atoms with Crippen LogP contribution in [0.15, 0.2) is 53.5 Å². The zero-order valence-corrected chi connectivity index (χ0v) is 11.9. The summed E-state index contributed by atoms with van der Waals surface area (Å²) in [5.41, 5.74) is 1.11. The number of rotatable bonds is 6. The van der Waals surface area contributed by atoms with Gasteiger partial charge < -0.3 is 14.6 Å². The van der Waals surface area contributed by atoms with Crippen LogP contribution in [0.2, 0.25) is 0 Å². The number of pyridine rings is 1. The summed E-state index contributed by atoms with van der Waals surface area (Å²) in [5.74, 6) is 0.860. The highest BCUT2D eigenvalue weighted by atomic mass is 16.5. The lowest BCUT2D eigenvalue weighted by Crippen LogP contribution is -2.21. The van der Waals surface area contributed by atoms with Crippen LogP contribution in [0.1, 0.15) is 18.5 Å². The van der Waals surface area contributed by atoms with Crippen molar-refractivity contribution in [3.63, 3.8) is 0 Å². The topological polar surface area (TPSA) is 43.3 Å². The first-order chi connectivity index (χ1) is 9.72. The van der Waals surface area contributed by atoms with Gasteiger partial charge in [-0.2, -0.15) is 0 Å². The van der Waals surface area contributed by atoms with Crippen molar-refractivity contribution in [1.82, 2.24) is 9.88 Å². The maximum atomic E-state index is 11.6. The number of hydrogen-bond acceptors (Lipinski definition) is 3. The van der Waals surface area contributed by atoms with Crippen molar-refractivity contribution in [2.75, 3.05) is 13.7 Å². The molecule has 0 radical (unpaired) electrons. The van der Waals surface area contributed by atoms with Crippen LogP contribution in [0.4, 0.5) is 0 Å². The largest absolute Gasteiger partial charge is 0.491 e. The monoisotopic (exact) mass is 272 g/mol. The third kappa shape index (κ3) is 3.48. The molecule has 0 saturated carbocycles. The Hall–Kier alpha value is -2.07. The summed E-state index contributed by atoms with van der Waals surface area (Å²) < 4.78 is 7.46. The van der Waals surface area contributed by atoms with Crippen LogP contribution in [0.5, 0.6) is 5.75 Å². The number of nitrogens with one attached hydrogen (secondary N) is 1. The van der Waals surface area contributed by atoms with Crippen molar-refractivity contribution in [2.24, 2.45) is 0 Å². The number of benzene rings is 1. The first kappa shape index (κ1) is 14.3. The Bertz CT molecular complexity index is 607. The SMILES string of the molecule is CNC(C)c1ccccc1OCCn1ccccc1=O. The lowest BCUT2D eigenvalue weighted by Gasteiger charge is -2.16. The van der Waals surface area contributed by atoms with Crippen LogP contribution < -0.4 is 15.6 Å². The number of nitrogens with zero attached hydrogens (tertiary/aromatic N) is 1. The minimum absolute atomic E-state index is 0.00650. The first-order valence-electron chi connectivity index (χ1n) is 6.77. The van der Waals surface area contributed by atoms with Crippen molar-refractivity contribution in [3.05, 3.63) is 64.6 Å². The Balaban J connectivity index is 2.01. The average molecular weight is 272 g/mol. The summed E-state index contributed by atoms with van der Waals surface area (Å²) in [7, 11) is 1.92. The Labute approximate surface area is 119 Å². The lowest BCUT2D eigenvalue weighted by atomic mass is 10.1. The maximum absolute atomic E-state index is 11.6. The van der Waals surface area contributed by atoms with Gasteiger partial charge in [0.1, 0.15) is 12.4 Å². The summed E-state index contributed by atoms with van der Waals surface area (Å²) in [6, 6.07) is 13.3. The molecule has 0 spiro atoms. The van der Waals surface area contributed by atoms with Gasteiger partial charge in [0.2, 0.25) is 0 Å². The van der Waals surface area contributed by atoms with Gasteiger partial charge in [0, 0.05) is 23.9 Å². The molecular formula is C16H20N2O2. The van der Waals surface area contributed by atoms with Gasteiger partial charge in [-0.25, -0.2) is 0 Å². The number of aromatic nitrogens is 1. The van der Waals surface area contributed by atoms with Crippen molar-refractivity contribution in [3.8, 4) is 5.75 Å². The van der Waals surface area contributed by atoms with E-state index in [1.807, 2.05) is 37.4 Å². The molecule has 2 aromatic rings. The van der Waals surface area contributed by atoms with E-state index in [1.165, 1.54) is 0 Å². The molecule has 0 aliphatic heterocycles. The molecule has 0 saturated heterocycles. The first-order valence-corrected chi connectivity index (χ1v) is 6.77. The van der Waals surface area contributed by atoms with E-state index < -0.39 is 0 Å². The Morgan fingerprint density at radius 3 is 2.70 bits per heavy atom. The van der Waals surface area contributed by atoms with Gasteiger partial charge in [0.25, 0.3) is 5.56 Å². The molecule has 0 aliphatic rings. The predicted octanol–water partition coefficient (Wildman–Crippen LogP) is 2.21. The molecule has 1 heterocycles. The minimum Gasteiger partial charge on any atom is -0.491 e. The van der Waals surface area contributed by atoms with Gasteiger partial charge in [-0.15, -0.1) is 0 Å². The molecule has 0 bridgehead atoms. The van der Waals surface area contributed by atoms with Crippen LogP contribution >= 0.6 is 0 Å². The predicted molar refractivity (Wildman–Crippen MR) is 80.1 cm³/mol. The van der Waals surface area contributed by atoms with Gasteiger partial charge in [0.15, 0.2) is 0 Å². The van der Waals surface area contributed by atoms with E-state index >= 15 is 0 Å². The number of ether oxygens (including phenoxy) is 1. The van der Waals surface area contributed by atoms with Crippen LogP contribution in [-0.4, -0.2) is 18.2 Å². The van der Waals surface area contributed by atoms with E-state index in [1.54, 1.807) is 22.9 Å². The fraction of sp³-hybridized carbons (Fsp3) is 0.312. The van der Waals surface area contributed by atoms with Crippen molar-refractivity contribution >= 4 is 0 Å². The zero-order chi connectivity index (χ0) is 14.4. The summed E-state index contributed by atoms with van der Waals surface area (Å²) in [4.78, 5) is 11.6. The second-order valence-electron chi connectivity index (χ2n) is 4.63. The quantitative estimate of drug-likeness (QED) is 0.876. The summed E-state index contributed by atoms with van der Waals surface area (Å²) >= 11 is 0. The summed E-state index contributed by atoms with van der Waals surface area (Å²) in [5, 5.41) is 3.20. The molecule has 1 atom stereocenters. The Morgan fingerprint density at radius 1 is 1.20 bits per heavy atom. The molecule has 106 valence electrons. The van der Waals surface area contributed by atoms with Crippen LogP contribution in [0, 0.1) is 0 Å². The fourth-order valence-corrected chi connectivity index (χ4v) is 2.02. The van der Waals surface area contributed by atoms with Gasteiger partial charge >= 0.3 is 0 Å². The second kappa shape index (κ2) is 6.91. The standard InChI is InChI=1S/C16H20N2O2/c1-13(17-2)14-7-3-4-8-15(14)20-12-11-18-10-6-5-9-16(18)19/h3-10,13,17H,11-12H2,1-2H3. The van der Waals surface area contributed by atoms with E-state index in [-0.39, 0.29) is 11.6 Å². The molecule has 1 N–H and O–H groups in total. The molecule has 0 amide bonds. The van der Waals surface area contributed by atoms with E-state index in [4.69, 9.17) is 4.74 Å². The highest BCUT2D eigenvalue weighted by Crippen LogP contribution is 2.24. The molecule has 1 unspecified atom stereocenters. The summed E-state index contributed by atoms with van der Waals surface area (Å²) in [6.45, 7) is 3.10.